The summed E-state index contributed by atoms with van der Waals surface area (Å²) >= 11 is 3.02. The quantitative estimate of drug-likeness (QED) is 0.204. The summed E-state index contributed by atoms with van der Waals surface area (Å²) in [6.45, 7) is 8.78. The Morgan fingerprint density at radius 1 is 1.00 bits per heavy atom. The molecule has 9 heteroatoms. The Hall–Kier alpha value is -3.82. The Balaban J connectivity index is 1.48. The first-order valence-corrected chi connectivity index (χ1v) is 15.1. The number of aryl methyl sites for hydroxylation is 2. The van der Waals surface area contributed by atoms with Crippen molar-refractivity contribution in [1.82, 2.24) is 24.6 Å². The van der Waals surface area contributed by atoms with Crippen molar-refractivity contribution < 1.29 is 9.59 Å². The van der Waals surface area contributed by atoms with E-state index in [2.05, 4.69) is 24.1 Å². The van der Waals surface area contributed by atoms with Crippen LogP contribution in [0.5, 0.6) is 0 Å². The van der Waals surface area contributed by atoms with Gasteiger partial charge in [0.25, 0.3) is 11.8 Å². The van der Waals surface area contributed by atoms with E-state index in [-0.39, 0.29) is 17.9 Å². The largest absolute Gasteiger partial charge is 0.349 e. The van der Waals surface area contributed by atoms with Gasteiger partial charge in [-0.25, -0.2) is 9.97 Å². The molecule has 0 radical (unpaired) electrons. The molecule has 0 fully saturated rings. The van der Waals surface area contributed by atoms with Crippen molar-refractivity contribution in [3.8, 4) is 10.4 Å². The van der Waals surface area contributed by atoms with E-state index >= 15 is 0 Å². The highest BCUT2D eigenvalue weighted by atomic mass is 32.1. The Morgan fingerprint density at radius 3 is 2.40 bits per heavy atom. The van der Waals surface area contributed by atoms with Crippen molar-refractivity contribution in [3.05, 3.63) is 99.9 Å². The number of carbonyl (C=O) groups excluding carboxylic acids is 2. The molecule has 3 heterocycles. The first-order valence-electron chi connectivity index (χ1n) is 13.4. The Labute approximate surface area is 242 Å². The molecule has 5 rings (SSSR count). The normalized spacial score (nSPS) is 12.1. The van der Waals surface area contributed by atoms with Gasteiger partial charge in [-0.05, 0) is 37.3 Å². The van der Waals surface area contributed by atoms with Crippen LogP contribution < -0.4 is 5.32 Å². The van der Waals surface area contributed by atoms with Crippen LogP contribution in [0.3, 0.4) is 0 Å². The average Bonchev–Trinajstić information content (AvgIpc) is 3.64. The minimum Gasteiger partial charge on any atom is -0.349 e. The van der Waals surface area contributed by atoms with Gasteiger partial charge in [-0.15, -0.1) is 22.7 Å². The van der Waals surface area contributed by atoms with Crippen molar-refractivity contribution in [2.45, 2.75) is 46.7 Å². The van der Waals surface area contributed by atoms with Crippen LogP contribution in [-0.4, -0.2) is 43.7 Å². The fourth-order valence-corrected chi connectivity index (χ4v) is 6.64. The van der Waals surface area contributed by atoms with Crippen LogP contribution in [0.2, 0.25) is 0 Å². The maximum atomic E-state index is 14.4. The van der Waals surface area contributed by atoms with Gasteiger partial charge in [0.2, 0.25) is 0 Å². The molecule has 0 unspecified atom stereocenters. The number of nitrogens with zero attached hydrogens (tertiary/aromatic N) is 4. The third-order valence-electron chi connectivity index (χ3n) is 6.76. The molecule has 7 nitrogen and oxygen atoms in total. The van der Waals surface area contributed by atoms with Crippen molar-refractivity contribution in [2.24, 2.45) is 5.92 Å². The van der Waals surface area contributed by atoms with E-state index in [1.165, 1.54) is 22.7 Å². The van der Waals surface area contributed by atoms with E-state index in [1.807, 2.05) is 95.4 Å². The molecular formula is C31H33N5O2S2. The lowest BCUT2D eigenvalue weighted by Gasteiger charge is -2.33. The van der Waals surface area contributed by atoms with Gasteiger partial charge in [0.05, 0.1) is 21.6 Å². The number of imidazole rings is 1. The molecule has 206 valence electrons. The molecule has 0 aliphatic rings. The summed E-state index contributed by atoms with van der Waals surface area (Å²) in [4.78, 5) is 40.6. The monoisotopic (exact) mass is 571 g/mol. The SMILES string of the molecule is Cc1nc(C(=O)N(Cc2ccccc2)[C@H](CNC(=O)c2c(C)nc3sccn23)CC(C)C)c(-c2ccccc2)s1. The van der Waals surface area contributed by atoms with Crippen LogP contribution in [0, 0.1) is 19.8 Å². The molecule has 0 saturated carbocycles. The third kappa shape index (κ3) is 6.00. The standard InChI is InChI=1S/C31H33N5O2S2/c1-20(2)17-25(18-32-29(37)27-21(3)33-31-35(27)15-16-39-31)36(19-23-11-7-5-8-12-23)30(38)26-28(40-22(4)34-26)24-13-9-6-10-14-24/h5-16,20,25H,17-19H2,1-4H3,(H,32,37)/t25-/m0/s1. The smallest absolute Gasteiger partial charge is 0.274 e. The number of benzene rings is 2. The maximum Gasteiger partial charge on any atom is 0.274 e. The second kappa shape index (κ2) is 12.1. The van der Waals surface area contributed by atoms with Crippen LogP contribution >= 0.6 is 22.7 Å². The summed E-state index contributed by atoms with van der Waals surface area (Å²) in [5.74, 6) is -0.0227. The number of aromatic nitrogens is 3. The topological polar surface area (TPSA) is 79.6 Å². The van der Waals surface area contributed by atoms with Gasteiger partial charge < -0.3 is 10.2 Å². The molecule has 1 atom stereocenters. The van der Waals surface area contributed by atoms with E-state index in [0.29, 0.717) is 36.1 Å². The molecule has 40 heavy (non-hydrogen) atoms. The first-order chi connectivity index (χ1) is 19.3. The summed E-state index contributed by atoms with van der Waals surface area (Å²) < 4.78 is 1.82. The lowest BCUT2D eigenvalue weighted by molar-refractivity contribution is 0.0619. The minimum atomic E-state index is -0.242. The van der Waals surface area contributed by atoms with Crippen LogP contribution in [-0.2, 0) is 6.54 Å². The molecule has 2 aromatic carbocycles. The Bertz CT molecular complexity index is 1600. The summed E-state index contributed by atoms with van der Waals surface area (Å²) in [7, 11) is 0. The molecule has 0 spiro atoms. The maximum absolute atomic E-state index is 14.4. The molecule has 0 aliphatic heterocycles. The molecular weight excluding hydrogens is 539 g/mol. The molecule has 0 saturated heterocycles. The van der Waals surface area contributed by atoms with Crippen LogP contribution in [0.4, 0.5) is 0 Å². The highest BCUT2D eigenvalue weighted by Gasteiger charge is 2.31. The lowest BCUT2D eigenvalue weighted by atomic mass is 10.0. The fourth-order valence-electron chi connectivity index (χ4n) is 4.97. The van der Waals surface area contributed by atoms with Crippen molar-refractivity contribution >= 4 is 39.4 Å². The zero-order valence-corrected chi connectivity index (χ0v) is 24.8. The number of nitrogens with one attached hydrogen (secondary N) is 1. The second-order valence-corrected chi connectivity index (χ2v) is 12.4. The highest BCUT2D eigenvalue weighted by Crippen LogP contribution is 2.32. The number of amides is 2. The number of rotatable bonds is 10. The van der Waals surface area contributed by atoms with E-state index in [4.69, 9.17) is 4.98 Å². The second-order valence-electron chi connectivity index (χ2n) is 10.3. The van der Waals surface area contributed by atoms with E-state index in [1.54, 1.807) is 0 Å². The summed E-state index contributed by atoms with van der Waals surface area (Å²) in [5.41, 5.74) is 3.67. The number of thiazole rings is 2. The van der Waals surface area contributed by atoms with Crippen molar-refractivity contribution in [2.75, 3.05) is 6.54 Å². The first kappa shape index (κ1) is 27.7. The zero-order chi connectivity index (χ0) is 28.2. The molecule has 2 amide bonds. The number of hydrogen-bond acceptors (Lipinski definition) is 6. The fraction of sp³-hybridized carbons (Fsp3) is 0.290. The zero-order valence-electron chi connectivity index (χ0n) is 23.1. The predicted octanol–water partition coefficient (Wildman–Crippen LogP) is 6.62. The summed E-state index contributed by atoms with van der Waals surface area (Å²) in [6.07, 6.45) is 2.59. The predicted molar refractivity (Wildman–Crippen MR) is 162 cm³/mol. The van der Waals surface area contributed by atoms with Crippen molar-refractivity contribution in [1.29, 1.82) is 0 Å². The van der Waals surface area contributed by atoms with Gasteiger partial charge in [0.1, 0.15) is 11.4 Å². The van der Waals surface area contributed by atoms with Gasteiger partial charge in [0, 0.05) is 24.7 Å². The van der Waals surface area contributed by atoms with Crippen LogP contribution in [0.1, 0.15) is 57.5 Å². The van der Waals surface area contributed by atoms with Gasteiger partial charge in [-0.3, -0.25) is 14.0 Å². The van der Waals surface area contributed by atoms with Crippen LogP contribution in [0.15, 0.2) is 72.2 Å². The number of hydrogen-bond donors (Lipinski definition) is 1. The molecule has 5 aromatic rings. The van der Waals surface area contributed by atoms with E-state index < -0.39 is 0 Å². The number of fused-ring (bicyclic) bond motifs is 1. The van der Waals surface area contributed by atoms with E-state index in [9.17, 15) is 9.59 Å². The Kier molecular flexibility index (Phi) is 8.42. The van der Waals surface area contributed by atoms with Crippen molar-refractivity contribution in [3.63, 3.8) is 0 Å². The molecule has 0 bridgehead atoms. The molecule has 3 aromatic heterocycles. The lowest BCUT2D eigenvalue weighted by Crippen LogP contribution is -2.47. The van der Waals surface area contributed by atoms with E-state index in [0.717, 1.165) is 32.4 Å². The average molecular weight is 572 g/mol. The summed E-state index contributed by atoms with van der Waals surface area (Å²) in [5, 5.41) is 5.89. The van der Waals surface area contributed by atoms with Gasteiger partial charge >= 0.3 is 0 Å². The Morgan fingerprint density at radius 2 is 1.70 bits per heavy atom. The highest BCUT2D eigenvalue weighted by molar-refractivity contribution is 7.15. The minimum absolute atomic E-state index is 0.132. The van der Waals surface area contributed by atoms with Gasteiger partial charge in [-0.2, -0.15) is 0 Å². The summed E-state index contributed by atoms with van der Waals surface area (Å²) in [6, 6.07) is 19.7. The van der Waals surface area contributed by atoms with Gasteiger partial charge in [0.15, 0.2) is 4.96 Å². The molecule has 0 aliphatic carbocycles. The third-order valence-corrected chi connectivity index (χ3v) is 8.54. The number of carbonyl (C=O) groups is 2. The van der Waals surface area contributed by atoms with Crippen LogP contribution in [0.25, 0.3) is 15.4 Å². The van der Waals surface area contributed by atoms with Gasteiger partial charge in [-0.1, -0.05) is 74.5 Å². The molecule has 1 N–H and O–H groups in total.